The first-order valence-corrected chi connectivity index (χ1v) is 11.9. The lowest BCUT2D eigenvalue weighted by Crippen LogP contribution is -2.09. The lowest BCUT2D eigenvalue weighted by Gasteiger charge is -2.15. The van der Waals surface area contributed by atoms with Gasteiger partial charge in [-0.3, -0.25) is 0 Å². The number of aromatic carboxylic acids is 1. The summed E-state index contributed by atoms with van der Waals surface area (Å²) in [6.45, 7) is 6.47. The Balaban J connectivity index is 1.62. The maximum atomic E-state index is 11.2. The van der Waals surface area contributed by atoms with E-state index in [4.69, 9.17) is 27.9 Å². The second kappa shape index (κ2) is 9.59. The summed E-state index contributed by atoms with van der Waals surface area (Å²) < 4.78 is 7.91. The summed E-state index contributed by atoms with van der Waals surface area (Å²) >= 11 is 14.1. The van der Waals surface area contributed by atoms with Gasteiger partial charge in [0, 0.05) is 4.88 Å². The van der Waals surface area contributed by atoms with Crippen LogP contribution in [-0.2, 0) is 6.61 Å². The van der Waals surface area contributed by atoms with Gasteiger partial charge in [-0.2, -0.15) is 5.10 Å². The Labute approximate surface area is 206 Å². The number of carbonyl (C=O) groups is 1. The minimum Gasteiger partial charge on any atom is -0.487 e. The van der Waals surface area contributed by atoms with Gasteiger partial charge in [0.1, 0.15) is 22.9 Å². The summed E-state index contributed by atoms with van der Waals surface area (Å²) in [6.07, 6.45) is 1.83. The molecule has 0 aliphatic rings. The fourth-order valence-electron chi connectivity index (χ4n) is 3.65. The van der Waals surface area contributed by atoms with Crippen LogP contribution < -0.4 is 4.74 Å². The van der Waals surface area contributed by atoms with E-state index in [1.807, 2.05) is 37.4 Å². The molecule has 0 unspecified atom stereocenters. The Morgan fingerprint density at radius 1 is 1.15 bits per heavy atom. The summed E-state index contributed by atoms with van der Waals surface area (Å²) in [5, 5.41) is 14.8. The molecule has 8 heteroatoms. The Hall–Kier alpha value is -2.80. The number of halogens is 2. The van der Waals surface area contributed by atoms with Crippen molar-refractivity contribution in [2.24, 2.45) is 0 Å². The number of ether oxygens (including phenoxy) is 1. The molecule has 33 heavy (non-hydrogen) atoms. The van der Waals surface area contributed by atoms with Crippen LogP contribution in [0.1, 0.15) is 46.3 Å². The molecule has 0 radical (unpaired) electrons. The maximum Gasteiger partial charge on any atom is 0.345 e. The molecule has 0 saturated carbocycles. The van der Waals surface area contributed by atoms with E-state index in [0.29, 0.717) is 26.4 Å². The van der Waals surface area contributed by atoms with E-state index in [0.717, 1.165) is 27.3 Å². The van der Waals surface area contributed by atoms with Crippen LogP contribution in [0.3, 0.4) is 0 Å². The number of thiophene rings is 1. The average Bonchev–Trinajstić information content (AvgIpc) is 3.40. The molecule has 0 fully saturated rings. The van der Waals surface area contributed by atoms with Crippen molar-refractivity contribution < 1.29 is 14.6 Å². The van der Waals surface area contributed by atoms with Crippen molar-refractivity contribution in [2.75, 3.05) is 0 Å². The van der Waals surface area contributed by atoms with Crippen molar-refractivity contribution in [3.05, 3.63) is 86.5 Å². The van der Waals surface area contributed by atoms with Gasteiger partial charge in [0.05, 0.1) is 21.9 Å². The number of para-hydroxylation sites is 1. The zero-order valence-corrected chi connectivity index (χ0v) is 20.6. The first-order valence-electron chi connectivity index (χ1n) is 10.3. The van der Waals surface area contributed by atoms with Crippen molar-refractivity contribution >= 4 is 40.5 Å². The molecule has 0 aliphatic carbocycles. The van der Waals surface area contributed by atoms with Crippen LogP contribution in [0.4, 0.5) is 0 Å². The van der Waals surface area contributed by atoms with Crippen molar-refractivity contribution in [3.8, 4) is 21.9 Å². The molecule has 0 aliphatic heterocycles. The predicted octanol–water partition coefficient (Wildman–Crippen LogP) is 7.62. The van der Waals surface area contributed by atoms with E-state index < -0.39 is 5.97 Å². The third-order valence-electron chi connectivity index (χ3n) is 5.33. The first-order chi connectivity index (χ1) is 15.8. The van der Waals surface area contributed by atoms with Gasteiger partial charge in [-0.25, -0.2) is 9.48 Å². The number of nitrogens with zero attached hydrogens (tertiary/aromatic N) is 2. The Kier molecular flexibility index (Phi) is 6.79. The van der Waals surface area contributed by atoms with Crippen LogP contribution in [0.5, 0.6) is 5.75 Å². The number of carboxylic acid groups (broad SMARTS) is 1. The van der Waals surface area contributed by atoms with Gasteiger partial charge in [0.25, 0.3) is 0 Å². The topological polar surface area (TPSA) is 64.4 Å². The molecule has 0 saturated heterocycles. The van der Waals surface area contributed by atoms with E-state index in [1.54, 1.807) is 28.9 Å². The lowest BCUT2D eigenvalue weighted by molar-refractivity contribution is 0.0702. The van der Waals surface area contributed by atoms with Gasteiger partial charge in [-0.15, -0.1) is 11.3 Å². The maximum absolute atomic E-state index is 11.2. The highest BCUT2D eigenvalue weighted by molar-refractivity contribution is 7.17. The van der Waals surface area contributed by atoms with Crippen molar-refractivity contribution in [2.45, 2.75) is 33.3 Å². The molecule has 170 valence electrons. The number of aromatic nitrogens is 2. The van der Waals surface area contributed by atoms with Crippen LogP contribution in [0.25, 0.3) is 16.1 Å². The first kappa shape index (κ1) is 23.4. The van der Waals surface area contributed by atoms with Crippen molar-refractivity contribution in [1.82, 2.24) is 9.78 Å². The number of carboxylic acids is 1. The van der Waals surface area contributed by atoms with Gasteiger partial charge in [0.15, 0.2) is 0 Å². The molecule has 2 aromatic carbocycles. The largest absolute Gasteiger partial charge is 0.487 e. The van der Waals surface area contributed by atoms with E-state index in [-0.39, 0.29) is 12.5 Å². The molecule has 0 atom stereocenters. The number of hydrogen-bond donors (Lipinski definition) is 1. The van der Waals surface area contributed by atoms with Gasteiger partial charge >= 0.3 is 5.97 Å². The molecule has 0 amide bonds. The molecular weight excluding hydrogens is 479 g/mol. The summed E-state index contributed by atoms with van der Waals surface area (Å²) in [7, 11) is 0. The van der Waals surface area contributed by atoms with Crippen LogP contribution in [0.15, 0.2) is 54.7 Å². The highest BCUT2D eigenvalue weighted by Crippen LogP contribution is 2.34. The molecule has 2 aromatic heterocycles. The fraction of sp³-hybridized carbons (Fsp3) is 0.200. The Morgan fingerprint density at radius 2 is 1.88 bits per heavy atom. The smallest absolute Gasteiger partial charge is 0.345 e. The summed E-state index contributed by atoms with van der Waals surface area (Å²) in [6, 6.07) is 14.6. The van der Waals surface area contributed by atoms with E-state index in [9.17, 15) is 9.90 Å². The quantitative estimate of drug-likeness (QED) is 0.283. The van der Waals surface area contributed by atoms with E-state index in [1.165, 1.54) is 11.3 Å². The molecule has 4 rings (SSSR count). The van der Waals surface area contributed by atoms with Gasteiger partial charge in [0.2, 0.25) is 0 Å². The monoisotopic (exact) mass is 500 g/mol. The summed E-state index contributed by atoms with van der Waals surface area (Å²) in [5.41, 5.74) is 4.55. The average molecular weight is 501 g/mol. The number of rotatable bonds is 7. The SMILES string of the molecule is Cc1cc(OCc2c(C(C)C)cnn2-c2c(Cl)cccc2Cl)ccc1-c1ccc(C(=O)O)s1. The van der Waals surface area contributed by atoms with E-state index in [2.05, 4.69) is 18.9 Å². The standard InChI is InChI=1S/C25H22Cl2N2O3S/c1-14(2)18-12-28-29(24-19(26)5-4-6-20(24)27)21(18)13-32-16-7-8-17(15(3)11-16)22-9-10-23(33-22)25(30)31/h4-12,14H,13H2,1-3H3,(H,30,31). The Bertz CT molecular complexity index is 1310. The second-order valence-corrected chi connectivity index (χ2v) is 9.82. The highest BCUT2D eigenvalue weighted by Gasteiger charge is 2.19. The zero-order valence-electron chi connectivity index (χ0n) is 18.3. The van der Waals surface area contributed by atoms with Crippen LogP contribution in [0.2, 0.25) is 10.0 Å². The van der Waals surface area contributed by atoms with Gasteiger partial charge < -0.3 is 9.84 Å². The minimum absolute atomic E-state index is 0.241. The third-order valence-corrected chi connectivity index (χ3v) is 7.04. The molecule has 0 bridgehead atoms. The number of hydrogen-bond acceptors (Lipinski definition) is 4. The summed E-state index contributed by atoms with van der Waals surface area (Å²) in [4.78, 5) is 12.4. The zero-order chi connectivity index (χ0) is 23.7. The normalized spacial score (nSPS) is 11.2. The van der Waals surface area contributed by atoms with E-state index >= 15 is 0 Å². The molecular formula is C25H22Cl2N2O3S. The van der Waals surface area contributed by atoms with Crippen molar-refractivity contribution in [1.29, 1.82) is 0 Å². The Morgan fingerprint density at radius 3 is 2.48 bits per heavy atom. The summed E-state index contributed by atoms with van der Waals surface area (Å²) in [5.74, 6) is 0.0315. The third kappa shape index (κ3) is 4.78. The molecule has 1 N–H and O–H groups in total. The fourth-order valence-corrected chi connectivity index (χ4v) is 5.14. The molecule has 0 spiro atoms. The van der Waals surface area contributed by atoms with Crippen LogP contribution >= 0.6 is 34.5 Å². The van der Waals surface area contributed by atoms with Gasteiger partial charge in [-0.1, -0.05) is 43.1 Å². The number of benzene rings is 2. The van der Waals surface area contributed by atoms with Crippen LogP contribution in [0, 0.1) is 6.92 Å². The molecule has 5 nitrogen and oxygen atoms in total. The van der Waals surface area contributed by atoms with Crippen LogP contribution in [-0.4, -0.2) is 20.9 Å². The van der Waals surface area contributed by atoms with Gasteiger partial charge in [-0.05, 0) is 72.0 Å². The van der Waals surface area contributed by atoms with Crippen molar-refractivity contribution in [3.63, 3.8) is 0 Å². The second-order valence-electron chi connectivity index (χ2n) is 7.92. The minimum atomic E-state index is -0.917. The predicted molar refractivity (Wildman–Crippen MR) is 133 cm³/mol. The highest BCUT2D eigenvalue weighted by atomic mass is 35.5. The molecule has 2 heterocycles. The lowest BCUT2D eigenvalue weighted by atomic mass is 10.0. The number of aryl methyl sites for hydroxylation is 1. The molecule has 4 aromatic rings.